The van der Waals surface area contributed by atoms with Crippen molar-refractivity contribution < 1.29 is 28.9 Å². The molecule has 0 unspecified atom stereocenters. The van der Waals surface area contributed by atoms with Gasteiger partial charge in [-0.15, -0.1) is 0 Å². The zero-order chi connectivity index (χ0) is 16.3. The van der Waals surface area contributed by atoms with Crippen LogP contribution in [0.3, 0.4) is 0 Å². The first-order chi connectivity index (χ1) is 10.4. The Kier molecular flexibility index (Phi) is 4.02. The number of aromatic nitrogens is 1. The van der Waals surface area contributed by atoms with Gasteiger partial charge in [0, 0.05) is 30.2 Å². The molecule has 114 valence electrons. The minimum atomic E-state index is -1.56. The molecule has 1 aromatic carbocycles. The van der Waals surface area contributed by atoms with Crippen LogP contribution in [-0.2, 0) is 6.42 Å². The number of nitro benzene ring substituents is 1. The Morgan fingerprint density at radius 1 is 1.41 bits per heavy atom. The zero-order valence-corrected chi connectivity index (χ0v) is 10.9. The van der Waals surface area contributed by atoms with E-state index in [2.05, 4.69) is 9.89 Å². The van der Waals surface area contributed by atoms with Gasteiger partial charge < -0.3 is 20.1 Å². The molecule has 0 atom stereocenters. The average molecular weight is 307 g/mol. The van der Waals surface area contributed by atoms with E-state index in [4.69, 9.17) is 15.4 Å². The molecule has 10 heteroatoms. The molecule has 0 saturated carbocycles. The lowest BCUT2D eigenvalue weighted by molar-refractivity contribution is -0.384. The van der Waals surface area contributed by atoms with Crippen molar-refractivity contribution in [1.82, 2.24) is 5.16 Å². The fourth-order valence-electron chi connectivity index (χ4n) is 1.71. The van der Waals surface area contributed by atoms with Crippen molar-refractivity contribution in [1.29, 1.82) is 0 Å². The van der Waals surface area contributed by atoms with Gasteiger partial charge in [0.05, 0.1) is 4.92 Å². The van der Waals surface area contributed by atoms with Crippen LogP contribution in [0.25, 0.3) is 0 Å². The SMILES string of the molecule is NC(=O)c1cc(Cc2cc([N+](=O)[O-])ccc2OC(=O)O)on1. The van der Waals surface area contributed by atoms with Crippen LogP contribution in [0.4, 0.5) is 10.5 Å². The molecule has 0 aliphatic rings. The van der Waals surface area contributed by atoms with E-state index < -0.39 is 17.0 Å². The van der Waals surface area contributed by atoms with E-state index in [-0.39, 0.29) is 34.9 Å². The Balaban J connectivity index is 2.36. The van der Waals surface area contributed by atoms with Crippen LogP contribution >= 0.6 is 0 Å². The molecule has 0 saturated heterocycles. The third-order valence-electron chi connectivity index (χ3n) is 2.63. The summed E-state index contributed by atoms with van der Waals surface area (Å²) in [6.07, 6.45) is -1.63. The lowest BCUT2D eigenvalue weighted by Crippen LogP contribution is -2.10. The van der Waals surface area contributed by atoms with Gasteiger partial charge in [-0.2, -0.15) is 0 Å². The standard InChI is InChI=1S/C12H9N3O7/c13-11(16)9-5-8(22-14-9)4-6-3-7(15(19)20)1-2-10(6)21-12(17)18/h1-3,5H,4H2,(H2,13,16)(H,17,18). The predicted octanol–water partition coefficient (Wildman–Crippen LogP) is 1.33. The Morgan fingerprint density at radius 2 is 2.14 bits per heavy atom. The maximum Gasteiger partial charge on any atom is 0.511 e. The van der Waals surface area contributed by atoms with Crippen LogP contribution in [-0.4, -0.2) is 27.2 Å². The first-order valence-corrected chi connectivity index (χ1v) is 5.80. The summed E-state index contributed by atoms with van der Waals surface area (Å²) in [6.45, 7) is 0. The first kappa shape index (κ1) is 15.0. The number of amides is 1. The van der Waals surface area contributed by atoms with Gasteiger partial charge in [0.15, 0.2) is 5.69 Å². The maximum atomic E-state index is 10.9. The molecule has 0 aliphatic carbocycles. The third-order valence-corrected chi connectivity index (χ3v) is 2.63. The van der Waals surface area contributed by atoms with Gasteiger partial charge in [0.1, 0.15) is 11.5 Å². The van der Waals surface area contributed by atoms with Gasteiger partial charge in [-0.3, -0.25) is 14.9 Å². The lowest BCUT2D eigenvalue weighted by atomic mass is 10.1. The first-order valence-electron chi connectivity index (χ1n) is 5.80. The number of benzene rings is 1. The van der Waals surface area contributed by atoms with Crippen LogP contribution in [0.2, 0.25) is 0 Å². The molecular weight excluding hydrogens is 298 g/mol. The number of hydrogen-bond donors (Lipinski definition) is 2. The summed E-state index contributed by atoms with van der Waals surface area (Å²) >= 11 is 0. The summed E-state index contributed by atoms with van der Waals surface area (Å²) in [7, 11) is 0. The topological polar surface area (TPSA) is 159 Å². The smallest absolute Gasteiger partial charge is 0.449 e. The molecule has 3 N–H and O–H groups in total. The second kappa shape index (κ2) is 5.91. The van der Waals surface area contributed by atoms with Gasteiger partial charge in [-0.1, -0.05) is 5.16 Å². The Morgan fingerprint density at radius 3 is 2.68 bits per heavy atom. The van der Waals surface area contributed by atoms with E-state index in [1.165, 1.54) is 6.07 Å². The highest BCUT2D eigenvalue weighted by atomic mass is 16.7. The van der Waals surface area contributed by atoms with Crippen LogP contribution < -0.4 is 10.5 Å². The van der Waals surface area contributed by atoms with Gasteiger partial charge >= 0.3 is 6.16 Å². The fourth-order valence-corrected chi connectivity index (χ4v) is 1.71. The highest BCUT2D eigenvalue weighted by molar-refractivity contribution is 5.90. The van der Waals surface area contributed by atoms with Crippen LogP contribution in [0.15, 0.2) is 28.8 Å². The van der Waals surface area contributed by atoms with Crippen LogP contribution in [0, 0.1) is 10.1 Å². The summed E-state index contributed by atoms with van der Waals surface area (Å²) in [6, 6.07) is 4.67. The number of carbonyl (C=O) groups is 2. The molecule has 2 rings (SSSR count). The third kappa shape index (κ3) is 3.36. The number of primary amides is 1. The molecule has 1 amide bonds. The van der Waals surface area contributed by atoms with Crippen LogP contribution in [0.5, 0.6) is 5.75 Å². The van der Waals surface area contributed by atoms with Gasteiger partial charge in [-0.05, 0) is 6.07 Å². The summed E-state index contributed by atoms with van der Waals surface area (Å²) < 4.78 is 9.41. The zero-order valence-electron chi connectivity index (χ0n) is 10.9. The van der Waals surface area contributed by atoms with Crippen LogP contribution in [0.1, 0.15) is 21.8 Å². The molecule has 10 nitrogen and oxygen atoms in total. The molecule has 1 aromatic heterocycles. The number of carbonyl (C=O) groups excluding carboxylic acids is 1. The Labute approximate surface area is 122 Å². The largest absolute Gasteiger partial charge is 0.511 e. The quantitative estimate of drug-likeness (QED) is 0.362. The molecule has 2 aromatic rings. The second-order valence-corrected chi connectivity index (χ2v) is 4.14. The van der Waals surface area contributed by atoms with E-state index in [1.807, 2.05) is 0 Å². The minimum Gasteiger partial charge on any atom is -0.449 e. The number of nitrogens with zero attached hydrogens (tertiary/aromatic N) is 2. The van der Waals surface area contributed by atoms with Crippen molar-refractivity contribution in [2.24, 2.45) is 5.73 Å². The monoisotopic (exact) mass is 307 g/mol. The molecule has 22 heavy (non-hydrogen) atoms. The van der Waals surface area contributed by atoms with E-state index in [0.717, 1.165) is 18.2 Å². The predicted molar refractivity (Wildman–Crippen MR) is 69.6 cm³/mol. The van der Waals surface area contributed by atoms with Crippen molar-refractivity contribution in [3.8, 4) is 5.75 Å². The molecule has 0 aliphatic heterocycles. The molecular formula is C12H9N3O7. The highest BCUT2D eigenvalue weighted by Crippen LogP contribution is 2.27. The number of nitro groups is 1. The summed E-state index contributed by atoms with van der Waals surface area (Å²) in [5, 5.41) is 22.9. The van der Waals surface area contributed by atoms with Crippen molar-refractivity contribution in [2.75, 3.05) is 0 Å². The summed E-state index contributed by atoms with van der Waals surface area (Å²) in [5.41, 5.74) is 4.85. The van der Waals surface area contributed by atoms with E-state index in [9.17, 15) is 19.7 Å². The second-order valence-electron chi connectivity index (χ2n) is 4.14. The van der Waals surface area contributed by atoms with E-state index in [1.54, 1.807) is 0 Å². The number of nitrogens with two attached hydrogens (primary N) is 1. The molecule has 0 spiro atoms. The average Bonchev–Trinajstić information content (AvgIpc) is 2.88. The Bertz CT molecular complexity index is 753. The van der Waals surface area contributed by atoms with Gasteiger partial charge in [0.25, 0.3) is 11.6 Å². The van der Waals surface area contributed by atoms with Crippen molar-refractivity contribution >= 4 is 17.7 Å². The summed E-state index contributed by atoms with van der Waals surface area (Å²) in [5.74, 6) is -0.712. The van der Waals surface area contributed by atoms with Gasteiger partial charge in [-0.25, -0.2) is 4.79 Å². The lowest BCUT2D eigenvalue weighted by Gasteiger charge is -2.06. The molecule has 0 bridgehead atoms. The number of ether oxygens (including phenoxy) is 1. The molecule has 0 radical (unpaired) electrons. The number of carboxylic acid groups (broad SMARTS) is 1. The maximum absolute atomic E-state index is 10.9. The van der Waals surface area contributed by atoms with E-state index in [0.29, 0.717) is 0 Å². The van der Waals surface area contributed by atoms with Crippen molar-refractivity contribution in [3.63, 3.8) is 0 Å². The minimum absolute atomic E-state index is 0.0649. The fraction of sp³-hybridized carbons (Fsp3) is 0.0833. The molecule has 0 fully saturated rings. The number of non-ortho nitro benzene ring substituents is 1. The number of rotatable bonds is 5. The summed E-state index contributed by atoms with van der Waals surface area (Å²) in [4.78, 5) is 31.7. The molecule has 1 heterocycles. The van der Waals surface area contributed by atoms with Gasteiger partial charge in [0.2, 0.25) is 0 Å². The van der Waals surface area contributed by atoms with E-state index >= 15 is 0 Å². The van der Waals surface area contributed by atoms with Crippen molar-refractivity contribution in [3.05, 3.63) is 51.4 Å². The Hall–Kier alpha value is -3.43. The number of hydrogen-bond acceptors (Lipinski definition) is 7. The highest BCUT2D eigenvalue weighted by Gasteiger charge is 2.17. The van der Waals surface area contributed by atoms with Crippen molar-refractivity contribution in [2.45, 2.75) is 6.42 Å². The normalized spacial score (nSPS) is 10.2.